The Labute approximate surface area is 127 Å². The molecule has 1 aliphatic heterocycles. The Morgan fingerprint density at radius 3 is 2.71 bits per heavy atom. The molecule has 1 heterocycles. The summed E-state index contributed by atoms with van der Waals surface area (Å²) in [5.41, 5.74) is 5.87. The zero-order valence-corrected chi connectivity index (χ0v) is 12.5. The molecular formula is C20H23N. The first-order chi connectivity index (χ1) is 10.4. The number of benzene rings is 2. The minimum absolute atomic E-state index is 0.580. The number of aryl methyl sites for hydroxylation is 1. The van der Waals surface area contributed by atoms with Crippen molar-refractivity contribution in [3.8, 4) is 0 Å². The van der Waals surface area contributed by atoms with E-state index in [1.807, 2.05) is 0 Å². The van der Waals surface area contributed by atoms with Crippen LogP contribution in [-0.4, -0.2) is 6.04 Å². The van der Waals surface area contributed by atoms with Crippen molar-refractivity contribution in [3.05, 3.63) is 65.2 Å². The third-order valence-corrected chi connectivity index (χ3v) is 5.15. The van der Waals surface area contributed by atoms with E-state index in [2.05, 4.69) is 53.8 Å². The molecule has 1 fully saturated rings. The smallest absolute Gasteiger partial charge is 0.0374 e. The summed E-state index contributed by atoms with van der Waals surface area (Å²) < 4.78 is 0. The molecule has 2 aromatic carbocycles. The highest BCUT2D eigenvalue weighted by molar-refractivity contribution is 5.54. The predicted octanol–water partition coefficient (Wildman–Crippen LogP) is 4.92. The number of para-hydroxylation sites is 1. The van der Waals surface area contributed by atoms with E-state index in [-0.39, 0.29) is 0 Å². The summed E-state index contributed by atoms with van der Waals surface area (Å²) in [6.07, 6.45) is 7.78. The standard InChI is InChI=1S/C20H23N/c1-2-10-20-17(6-1)11-12-19(21-20)14-15-5-3-9-18(13-15)16-7-4-8-16/h1-3,5-6,9-10,13,16,19,21H,4,7-8,11-12,14H2. The zero-order chi connectivity index (χ0) is 14.1. The van der Waals surface area contributed by atoms with Gasteiger partial charge in [0.1, 0.15) is 0 Å². The molecule has 1 aliphatic carbocycles. The maximum Gasteiger partial charge on any atom is 0.0374 e. The van der Waals surface area contributed by atoms with Crippen LogP contribution in [0, 0.1) is 0 Å². The molecule has 1 nitrogen and oxygen atoms in total. The Kier molecular flexibility index (Phi) is 3.42. The molecule has 0 spiro atoms. The van der Waals surface area contributed by atoms with Crippen molar-refractivity contribution in [2.75, 3.05) is 5.32 Å². The van der Waals surface area contributed by atoms with Crippen LogP contribution in [0.5, 0.6) is 0 Å². The van der Waals surface area contributed by atoms with Crippen molar-refractivity contribution >= 4 is 5.69 Å². The average Bonchev–Trinajstić information content (AvgIpc) is 2.46. The summed E-state index contributed by atoms with van der Waals surface area (Å²) in [4.78, 5) is 0. The van der Waals surface area contributed by atoms with E-state index in [4.69, 9.17) is 0 Å². The monoisotopic (exact) mass is 277 g/mol. The van der Waals surface area contributed by atoms with E-state index < -0.39 is 0 Å². The van der Waals surface area contributed by atoms with Gasteiger partial charge in [-0.25, -0.2) is 0 Å². The maximum absolute atomic E-state index is 3.72. The molecule has 0 aromatic heterocycles. The minimum Gasteiger partial charge on any atom is -0.382 e. The summed E-state index contributed by atoms with van der Waals surface area (Å²) >= 11 is 0. The van der Waals surface area contributed by atoms with Gasteiger partial charge in [-0.1, -0.05) is 48.9 Å². The summed E-state index contributed by atoms with van der Waals surface area (Å²) in [6, 6.07) is 18.6. The van der Waals surface area contributed by atoms with Crippen molar-refractivity contribution in [2.45, 2.75) is 50.5 Å². The fraction of sp³-hybridized carbons (Fsp3) is 0.400. The second-order valence-corrected chi connectivity index (χ2v) is 6.61. The van der Waals surface area contributed by atoms with Crippen molar-refractivity contribution in [1.29, 1.82) is 0 Å². The normalized spacial score (nSPS) is 21.2. The fourth-order valence-corrected chi connectivity index (χ4v) is 3.65. The van der Waals surface area contributed by atoms with Gasteiger partial charge in [0.05, 0.1) is 0 Å². The highest BCUT2D eigenvalue weighted by Crippen LogP contribution is 2.36. The number of hydrogen-bond acceptors (Lipinski definition) is 1. The molecule has 1 heteroatoms. The Hall–Kier alpha value is -1.76. The highest BCUT2D eigenvalue weighted by Gasteiger charge is 2.21. The Morgan fingerprint density at radius 1 is 0.952 bits per heavy atom. The quantitative estimate of drug-likeness (QED) is 0.839. The van der Waals surface area contributed by atoms with Crippen LogP contribution in [0.15, 0.2) is 48.5 Å². The molecule has 0 amide bonds. The van der Waals surface area contributed by atoms with E-state index in [0.29, 0.717) is 6.04 Å². The molecule has 0 bridgehead atoms. The maximum atomic E-state index is 3.72. The lowest BCUT2D eigenvalue weighted by atomic mass is 9.79. The summed E-state index contributed by atoms with van der Waals surface area (Å²) in [5, 5.41) is 3.72. The number of nitrogens with one attached hydrogen (secondary N) is 1. The van der Waals surface area contributed by atoms with Crippen molar-refractivity contribution in [1.82, 2.24) is 0 Å². The molecule has 0 radical (unpaired) electrons. The van der Waals surface area contributed by atoms with Crippen molar-refractivity contribution < 1.29 is 0 Å². The Morgan fingerprint density at radius 2 is 1.86 bits per heavy atom. The number of fused-ring (bicyclic) bond motifs is 1. The van der Waals surface area contributed by atoms with Crippen LogP contribution in [0.25, 0.3) is 0 Å². The van der Waals surface area contributed by atoms with E-state index in [1.165, 1.54) is 48.9 Å². The van der Waals surface area contributed by atoms with Crippen LogP contribution in [-0.2, 0) is 12.8 Å². The molecular weight excluding hydrogens is 254 g/mol. The summed E-state index contributed by atoms with van der Waals surface area (Å²) in [5.74, 6) is 0.838. The van der Waals surface area contributed by atoms with Crippen LogP contribution < -0.4 is 5.32 Å². The van der Waals surface area contributed by atoms with Crippen LogP contribution in [0.3, 0.4) is 0 Å². The van der Waals surface area contributed by atoms with Crippen LogP contribution in [0.4, 0.5) is 5.69 Å². The SMILES string of the molecule is c1cc(CC2CCc3ccccc3N2)cc(C2CCC2)c1. The first kappa shape index (κ1) is 12.9. The van der Waals surface area contributed by atoms with Crippen molar-refractivity contribution in [2.24, 2.45) is 0 Å². The van der Waals surface area contributed by atoms with Gasteiger partial charge in [0, 0.05) is 11.7 Å². The Bertz CT molecular complexity index is 627. The number of hydrogen-bond donors (Lipinski definition) is 1. The number of anilines is 1. The summed E-state index contributed by atoms with van der Waals surface area (Å²) in [6.45, 7) is 0. The van der Waals surface area contributed by atoms with E-state index in [0.717, 1.165) is 12.3 Å². The lowest BCUT2D eigenvalue weighted by Crippen LogP contribution is -2.27. The van der Waals surface area contributed by atoms with Gasteiger partial charge in [-0.15, -0.1) is 0 Å². The van der Waals surface area contributed by atoms with Gasteiger partial charge in [0.2, 0.25) is 0 Å². The molecule has 0 saturated heterocycles. The lowest BCUT2D eigenvalue weighted by molar-refractivity contribution is 0.419. The topological polar surface area (TPSA) is 12.0 Å². The zero-order valence-electron chi connectivity index (χ0n) is 12.5. The first-order valence-corrected chi connectivity index (χ1v) is 8.32. The molecule has 21 heavy (non-hydrogen) atoms. The van der Waals surface area contributed by atoms with Gasteiger partial charge in [-0.05, 0) is 60.8 Å². The average molecular weight is 277 g/mol. The third kappa shape index (κ3) is 2.70. The Balaban J connectivity index is 1.47. The molecule has 2 aromatic rings. The largest absolute Gasteiger partial charge is 0.382 e. The highest BCUT2D eigenvalue weighted by atomic mass is 14.9. The van der Waals surface area contributed by atoms with E-state index >= 15 is 0 Å². The first-order valence-electron chi connectivity index (χ1n) is 8.32. The molecule has 4 rings (SSSR count). The fourth-order valence-electron chi connectivity index (χ4n) is 3.65. The van der Waals surface area contributed by atoms with Crippen molar-refractivity contribution in [3.63, 3.8) is 0 Å². The third-order valence-electron chi connectivity index (χ3n) is 5.15. The predicted molar refractivity (Wildman–Crippen MR) is 88.9 cm³/mol. The number of rotatable bonds is 3. The van der Waals surface area contributed by atoms with Gasteiger partial charge in [-0.2, -0.15) is 0 Å². The van der Waals surface area contributed by atoms with Gasteiger partial charge in [-0.3, -0.25) is 0 Å². The molecule has 1 atom stereocenters. The minimum atomic E-state index is 0.580. The van der Waals surface area contributed by atoms with E-state index in [9.17, 15) is 0 Å². The van der Waals surface area contributed by atoms with Gasteiger partial charge in [0.15, 0.2) is 0 Å². The lowest BCUT2D eigenvalue weighted by Gasteiger charge is -2.28. The molecule has 1 saturated carbocycles. The van der Waals surface area contributed by atoms with Gasteiger partial charge in [0.25, 0.3) is 0 Å². The molecule has 1 N–H and O–H groups in total. The second kappa shape index (κ2) is 5.55. The van der Waals surface area contributed by atoms with Gasteiger partial charge >= 0.3 is 0 Å². The van der Waals surface area contributed by atoms with E-state index in [1.54, 1.807) is 5.56 Å². The van der Waals surface area contributed by atoms with Crippen LogP contribution in [0.1, 0.15) is 48.3 Å². The summed E-state index contributed by atoms with van der Waals surface area (Å²) in [7, 11) is 0. The molecule has 1 unspecified atom stereocenters. The van der Waals surface area contributed by atoms with Gasteiger partial charge < -0.3 is 5.32 Å². The molecule has 108 valence electrons. The van der Waals surface area contributed by atoms with Crippen LogP contribution >= 0.6 is 0 Å². The van der Waals surface area contributed by atoms with Crippen LogP contribution in [0.2, 0.25) is 0 Å². The molecule has 2 aliphatic rings. The second-order valence-electron chi connectivity index (χ2n) is 6.61.